The van der Waals surface area contributed by atoms with E-state index in [1.54, 1.807) is 0 Å². The maximum Gasteiger partial charge on any atom is 0.150 e. The topological polar surface area (TPSA) is 69.9 Å². The van der Waals surface area contributed by atoms with E-state index in [9.17, 15) is 0 Å². The first-order valence-electron chi connectivity index (χ1n) is 5.44. The summed E-state index contributed by atoms with van der Waals surface area (Å²) in [5.74, 6) is 6.86. The number of imidazole rings is 1. The highest BCUT2D eigenvalue weighted by Gasteiger charge is 2.23. The minimum absolute atomic E-state index is 0.507. The van der Waals surface area contributed by atoms with Gasteiger partial charge in [0.15, 0.2) is 0 Å². The Hall–Kier alpha value is -1.97. The Labute approximate surface area is 93.9 Å². The van der Waals surface area contributed by atoms with Crippen LogP contribution in [0.3, 0.4) is 0 Å². The molecule has 0 spiro atoms. The van der Waals surface area contributed by atoms with Crippen LogP contribution in [0.1, 0.15) is 24.3 Å². The van der Waals surface area contributed by atoms with Gasteiger partial charge in [-0.05, 0) is 30.4 Å². The molecule has 0 unspecified atom stereocenters. The first kappa shape index (κ1) is 9.27. The average Bonchev–Trinajstić information content (AvgIpc) is 3.08. The number of aromatic nitrogens is 2. The molecule has 1 aromatic heterocycles. The van der Waals surface area contributed by atoms with Crippen molar-refractivity contribution in [1.29, 1.82) is 0 Å². The highest BCUT2D eigenvalue weighted by Crippen LogP contribution is 2.41. The molecule has 0 atom stereocenters. The molecule has 1 aliphatic rings. The van der Waals surface area contributed by atoms with Crippen LogP contribution in [0, 0.1) is 0 Å². The van der Waals surface area contributed by atoms with Crippen LogP contribution in [0.25, 0.3) is 11.3 Å². The van der Waals surface area contributed by atoms with Gasteiger partial charge in [0.2, 0.25) is 0 Å². The molecule has 0 bridgehead atoms. The van der Waals surface area contributed by atoms with Gasteiger partial charge in [-0.15, -0.1) is 0 Å². The Balaban J connectivity index is 2.05. The number of hydrogen-bond acceptors (Lipinski definition) is 3. The number of nitrogen functional groups attached to an aromatic ring is 2. The maximum absolute atomic E-state index is 5.85. The van der Waals surface area contributed by atoms with Gasteiger partial charge in [-0.1, -0.05) is 18.2 Å². The van der Waals surface area contributed by atoms with E-state index in [2.05, 4.69) is 23.2 Å². The van der Waals surface area contributed by atoms with Gasteiger partial charge >= 0.3 is 0 Å². The van der Waals surface area contributed by atoms with Crippen molar-refractivity contribution in [1.82, 2.24) is 9.66 Å². The summed E-state index contributed by atoms with van der Waals surface area (Å²) in [7, 11) is 0. The summed E-state index contributed by atoms with van der Waals surface area (Å²) in [6.45, 7) is 0. The lowest BCUT2D eigenvalue weighted by molar-refractivity contribution is 1.01. The lowest BCUT2D eigenvalue weighted by atomic mass is 10.1. The molecule has 1 aromatic carbocycles. The van der Waals surface area contributed by atoms with Crippen molar-refractivity contribution >= 4 is 5.82 Å². The van der Waals surface area contributed by atoms with Crippen LogP contribution in [-0.4, -0.2) is 9.66 Å². The molecule has 1 saturated carbocycles. The molecule has 0 amide bonds. The van der Waals surface area contributed by atoms with E-state index < -0.39 is 0 Å². The fourth-order valence-electron chi connectivity index (χ4n) is 1.95. The molecule has 0 aliphatic heterocycles. The van der Waals surface area contributed by atoms with Crippen molar-refractivity contribution in [3.8, 4) is 11.3 Å². The molecule has 3 rings (SSSR count). The van der Waals surface area contributed by atoms with E-state index in [4.69, 9.17) is 11.6 Å². The SMILES string of the molecule is Nc1c(-c2cccc(C3CC3)c2)ncn1N. The van der Waals surface area contributed by atoms with Gasteiger partial charge in [0.25, 0.3) is 0 Å². The summed E-state index contributed by atoms with van der Waals surface area (Å²) in [6.07, 6.45) is 4.13. The molecule has 4 nitrogen and oxygen atoms in total. The summed E-state index contributed by atoms with van der Waals surface area (Å²) in [6, 6.07) is 8.40. The van der Waals surface area contributed by atoms with Gasteiger partial charge in [0.05, 0.1) is 0 Å². The predicted molar refractivity (Wildman–Crippen MR) is 64.2 cm³/mol. The molecule has 82 valence electrons. The third kappa shape index (κ3) is 1.43. The third-order valence-electron chi connectivity index (χ3n) is 3.04. The molecular formula is C12H14N4. The van der Waals surface area contributed by atoms with Crippen molar-refractivity contribution in [2.45, 2.75) is 18.8 Å². The van der Waals surface area contributed by atoms with E-state index >= 15 is 0 Å². The fourth-order valence-corrected chi connectivity index (χ4v) is 1.95. The minimum atomic E-state index is 0.507. The summed E-state index contributed by atoms with van der Waals surface area (Å²) >= 11 is 0. The highest BCUT2D eigenvalue weighted by atomic mass is 15.3. The van der Waals surface area contributed by atoms with Gasteiger partial charge < -0.3 is 11.6 Å². The zero-order chi connectivity index (χ0) is 11.1. The standard InChI is InChI=1S/C12H14N4/c13-12-11(15-7-16(12)14)10-3-1-2-9(6-10)8-4-5-8/h1-3,6-8H,4-5,13-14H2. The fraction of sp³-hybridized carbons (Fsp3) is 0.250. The number of anilines is 1. The summed E-state index contributed by atoms with van der Waals surface area (Å²) in [4.78, 5) is 4.22. The van der Waals surface area contributed by atoms with E-state index in [1.165, 1.54) is 29.4 Å². The minimum Gasteiger partial charge on any atom is -0.382 e. The van der Waals surface area contributed by atoms with E-state index in [0.29, 0.717) is 5.82 Å². The lowest BCUT2D eigenvalue weighted by Crippen LogP contribution is -2.09. The van der Waals surface area contributed by atoms with Crippen LogP contribution in [0.5, 0.6) is 0 Å². The first-order valence-corrected chi connectivity index (χ1v) is 5.44. The molecule has 4 heteroatoms. The molecule has 2 aromatic rings. The van der Waals surface area contributed by atoms with Crippen molar-refractivity contribution < 1.29 is 0 Å². The van der Waals surface area contributed by atoms with Crippen LogP contribution >= 0.6 is 0 Å². The van der Waals surface area contributed by atoms with Gasteiger partial charge in [-0.25, -0.2) is 9.66 Å². The van der Waals surface area contributed by atoms with Crippen LogP contribution in [0.15, 0.2) is 30.6 Å². The largest absolute Gasteiger partial charge is 0.382 e. The second-order valence-corrected chi connectivity index (χ2v) is 4.29. The summed E-state index contributed by atoms with van der Waals surface area (Å²) < 4.78 is 1.35. The second-order valence-electron chi connectivity index (χ2n) is 4.29. The van der Waals surface area contributed by atoms with Gasteiger partial charge in [-0.3, -0.25) is 0 Å². The third-order valence-corrected chi connectivity index (χ3v) is 3.04. The van der Waals surface area contributed by atoms with Crippen molar-refractivity contribution in [2.75, 3.05) is 11.6 Å². The van der Waals surface area contributed by atoms with Crippen molar-refractivity contribution in [3.05, 3.63) is 36.2 Å². The zero-order valence-electron chi connectivity index (χ0n) is 8.93. The predicted octanol–water partition coefficient (Wildman–Crippen LogP) is 1.72. The molecule has 0 radical (unpaired) electrons. The Morgan fingerprint density at radius 3 is 2.75 bits per heavy atom. The maximum atomic E-state index is 5.85. The molecule has 0 saturated heterocycles. The van der Waals surface area contributed by atoms with Crippen LogP contribution in [0.2, 0.25) is 0 Å². The Morgan fingerprint density at radius 1 is 1.31 bits per heavy atom. The van der Waals surface area contributed by atoms with Crippen LogP contribution in [-0.2, 0) is 0 Å². The molecule has 1 fully saturated rings. The summed E-state index contributed by atoms with van der Waals surface area (Å²) in [5.41, 5.74) is 9.05. The zero-order valence-corrected chi connectivity index (χ0v) is 8.93. The molecule has 1 aliphatic carbocycles. The lowest BCUT2D eigenvalue weighted by Gasteiger charge is -2.03. The average molecular weight is 214 g/mol. The van der Waals surface area contributed by atoms with Crippen molar-refractivity contribution in [2.24, 2.45) is 0 Å². The highest BCUT2D eigenvalue weighted by molar-refractivity contribution is 5.71. The molecule has 4 N–H and O–H groups in total. The normalized spacial score (nSPS) is 15.2. The number of benzene rings is 1. The number of rotatable bonds is 2. The summed E-state index contributed by atoms with van der Waals surface area (Å²) in [5, 5.41) is 0. The monoisotopic (exact) mass is 214 g/mol. The van der Waals surface area contributed by atoms with E-state index in [0.717, 1.165) is 17.2 Å². The van der Waals surface area contributed by atoms with Gasteiger partial charge in [-0.2, -0.15) is 0 Å². The van der Waals surface area contributed by atoms with E-state index in [1.807, 2.05) is 6.07 Å². The Morgan fingerprint density at radius 2 is 2.12 bits per heavy atom. The number of hydrogen-bond donors (Lipinski definition) is 2. The van der Waals surface area contributed by atoms with Crippen LogP contribution < -0.4 is 11.6 Å². The van der Waals surface area contributed by atoms with Crippen molar-refractivity contribution in [3.63, 3.8) is 0 Å². The van der Waals surface area contributed by atoms with Gasteiger partial charge in [0.1, 0.15) is 17.8 Å². The molecule has 1 heterocycles. The Kier molecular flexibility index (Phi) is 1.89. The smallest absolute Gasteiger partial charge is 0.150 e. The first-order chi connectivity index (χ1) is 7.75. The quantitative estimate of drug-likeness (QED) is 0.748. The number of nitrogens with two attached hydrogens (primary N) is 2. The Bertz CT molecular complexity index is 526. The van der Waals surface area contributed by atoms with Gasteiger partial charge in [0, 0.05) is 5.56 Å². The number of nitrogens with zero attached hydrogens (tertiary/aromatic N) is 2. The molecule has 16 heavy (non-hydrogen) atoms. The van der Waals surface area contributed by atoms with E-state index in [-0.39, 0.29) is 0 Å². The second kappa shape index (κ2) is 3.27. The molecular weight excluding hydrogens is 200 g/mol. The van der Waals surface area contributed by atoms with Crippen LogP contribution in [0.4, 0.5) is 5.82 Å².